The van der Waals surface area contributed by atoms with Crippen molar-refractivity contribution in [3.05, 3.63) is 69.5 Å². The summed E-state index contributed by atoms with van der Waals surface area (Å²) in [5, 5.41) is 10.4. The summed E-state index contributed by atoms with van der Waals surface area (Å²) in [4.78, 5) is 12.8. The second-order valence-corrected chi connectivity index (χ2v) is 8.31. The van der Waals surface area contributed by atoms with Crippen LogP contribution in [0, 0.1) is 6.92 Å². The molecule has 3 heterocycles. The Hall–Kier alpha value is -2.95. The summed E-state index contributed by atoms with van der Waals surface area (Å²) in [6, 6.07) is 6.81. The summed E-state index contributed by atoms with van der Waals surface area (Å²) in [5.74, 6) is 1.60. The Labute approximate surface area is 169 Å². The van der Waals surface area contributed by atoms with Gasteiger partial charge >= 0.3 is 5.63 Å². The fourth-order valence-electron chi connectivity index (χ4n) is 4.16. The first-order chi connectivity index (χ1) is 13.8. The topological polar surface area (TPSA) is 72.8 Å². The van der Waals surface area contributed by atoms with Crippen molar-refractivity contribution in [2.75, 3.05) is 0 Å². The van der Waals surface area contributed by atoms with E-state index in [-0.39, 0.29) is 11.9 Å². The second-order valence-electron chi connectivity index (χ2n) is 8.31. The average Bonchev–Trinajstić information content (AvgIpc) is 3.16. The smallest absolute Gasteiger partial charge is 0.343 e. The van der Waals surface area contributed by atoms with E-state index in [0.29, 0.717) is 22.3 Å². The monoisotopic (exact) mass is 394 g/mol. The Balaban J connectivity index is 1.59. The maximum Gasteiger partial charge on any atom is 0.343 e. The van der Waals surface area contributed by atoms with Crippen LogP contribution in [0.5, 0.6) is 11.5 Å². The number of hydrogen-bond acceptors (Lipinski definition) is 5. The van der Waals surface area contributed by atoms with Gasteiger partial charge in [0.2, 0.25) is 0 Å². The van der Waals surface area contributed by atoms with Crippen LogP contribution in [0.25, 0.3) is 11.0 Å². The van der Waals surface area contributed by atoms with Gasteiger partial charge in [-0.1, -0.05) is 18.6 Å². The normalized spacial score (nSPS) is 21.4. The van der Waals surface area contributed by atoms with Crippen molar-refractivity contribution in [3.8, 4) is 11.5 Å². The minimum absolute atomic E-state index is 0.0572. The molecule has 0 amide bonds. The molecule has 0 spiro atoms. The number of aryl methyl sites for hydroxylation is 1. The highest BCUT2D eigenvalue weighted by atomic mass is 16.5. The molecule has 1 aliphatic heterocycles. The van der Waals surface area contributed by atoms with E-state index in [4.69, 9.17) is 13.6 Å². The zero-order valence-electron chi connectivity index (χ0n) is 17.2. The van der Waals surface area contributed by atoms with E-state index in [2.05, 4.69) is 26.0 Å². The van der Waals surface area contributed by atoms with Crippen molar-refractivity contribution in [2.45, 2.75) is 58.5 Å². The minimum Gasteiger partial charge on any atom is -0.508 e. The SMILES string of the molecule is C/C(=C\CC[C@@]1(C)c2c(c3ccc(O)cc3oc2=O)O[C@@H]1C)Cc1cc(C)co1. The predicted octanol–water partition coefficient (Wildman–Crippen LogP) is 5.41. The van der Waals surface area contributed by atoms with E-state index >= 15 is 0 Å². The standard InChI is InChI=1S/C24H26O5/c1-14(10-18-11-15(2)13-27-18)6-5-9-24(4)16(3)28-22-19-8-7-17(25)12-20(19)29-23(26)21(22)24/h6-8,11-13,16,25H,5,9-10H2,1-4H3/b14-6+/t16-,24-/m1/s1. The number of phenolic OH excluding ortho intramolecular Hbond substituents is 1. The Bertz CT molecular complexity index is 1150. The third-order valence-corrected chi connectivity index (χ3v) is 6.00. The third-order valence-electron chi connectivity index (χ3n) is 6.00. The molecule has 0 saturated heterocycles. The van der Waals surface area contributed by atoms with Gasteiger partial charge in [0.1, 0.15) is 28.9 Å². The van der Waals surface area contributed by atoms with Gasteiger partial charge in [-0.3, -0.25) is 0 Å². The maximum atomic E-state index is 12.8. The summed E-state index contributed by atoms with van der Waals surface area (Å²) >= 11 is 0. The largest absolute Gasteiger partial charge is 0.508 e. The lowest BCUT2D eigenvalue weighted by atomic mass is 9.76. The first-order valence-electron chi connectivity index (χ1n) is 9.94. The fourth-order valence-corrected chi connectivity index (χ4v) is 4.16. The molecule has 0 aliphatic carbocycles. The van der Waals surface area contributed by atoms with Crippen molar-refractivity contribution in [3.63, 3.8) is 0 Å². The molecule has 0 unspecified atom stereocenters. The third kappa shape index (κ3) is 3.46. The van der Waals surface area contributed by atoms with Crippen molar-refractivity contribution >= 4 is 11.0 Å². The van der Waals surface area contributed by atoms with E-state index < -0.39 is 11.0 Å². The molecule has 5 heteroatoms. The van der Waals surface area contributed by atoms with Gasteiger partial charge < -0.3 is 18.7 Å². The van der Waals surface area contributed by atoms with Gasteiger partial charge in [0.05, 0.1) is 17.2 Å². The Kier molecular flexibility index (Phi) is 4.77. The van der Waals surface area contributed by atoms with Crippen LogP contribution < -0.4 is 10.4 Å². The molecule has 152 valence electrons. The number of fused-ring (bicyclic) bond motifs is 3. The zero-order chi connectivity index (χ0) is 20.8. The van der Waals surface area contributed by atoms with Crippen LogP contribution in [0.15, 0.2) is 55.8 Å². The lowest BCUT2D eigenvalue weighted by Gasteiger charge is -2.26. The molecule has 4 rings (SSSR count). The number of hydrogen-bond donors (Lipinski definition) is 1. The van der Waals surface area contributed by atoms with Crippen LogP contribution in [0.3, 0.4) is 0 Å². The molecule has 0 bridgehead atoms. The van der Waals surface area contributed by atoms with Gasteiger partial charge in [-0.15, -0.1) is 0 Å². The van der Waals surface area contributed by atoms with Crippen LogP contribution in [-0.2, 0) is 11.8 Å². The Morgan fingerprint density at radius 3 is 2.83 bits per heavy atom. The van der Waals surface area contributed by atoms with E-state index in [1.807, 2.05) is 13.8 Å². The van der Waals surface area contributed by atoms with Gasteiger partial charge in [0.25, 0.3) is 0 Å². The molecule has 3 aromatic rings. The highest BCUT2D eigenvalue weighted by molar-refractivity contribution is 5.86. The molecule has 0 saturated carbocycles. The minimum atomic E-state index is -0.444. The van der Waals surface area contributed by atoms with Gasteiger partial charge in [-0.25, -0.2) is 4.79 Å². The lowest BCUT2D eigenvalue weighted by Crippen LogP contribution is -2.35. The second kappa shape index (κ2) is 7.14. The molecule has 1 N–H and O–H groups in total. The highest BCUT2D eigenvalue weighted by Gasteiger charge is 2.46. The fraction of sp³-hybridized carbons (Fsp3) is 0.375. The highest BCUT2D eigenvalue weighted by Crippen LogP contribution is 2.47. The van der Waals surface area contributed by atoms with Gasteiger partial charge in [0, 0.05) is 17.9 Å². The number of furan rings is 1. The first-order valence-corrected chi connectivity index (χ1v) is 9.94. The van der Waals surface area contributed by atoms with Crippen molar-refractivity contribution in [1.29, 1.82) is 0 Å². The van der Waals surface area contributed by atoms with E-state index in [1.165, 1.54) is 11.6 Å². The molecular formula is C24H26O5. The van der Waals surface area contributed by atoms with E-state index in [1.54, 1.807) is 18.4 Å². The molecule has 29 heavy (non-hydrogen) atoms. The van der Waals surface area contributed by atoms with Crippen LogP contribution in [-0.4, -0.2) is 11.2 Å². The number of benzene rings is 1. The molecule has 5 nitrogen and oxygen atoms in total. The van der Waals surface area contributed by atoms with Crippen LogP contribution in [0.4, 0.5) is 0 Å². The maximum absolute atomic E-state index is 12.8. The predicted molar refractivity (Wildman–Crippen MR) is 112 cm³/mol. The summed E-state index contributed by atoms with van der Waals surface area (Å²) in [6.07, 6.45) is 6.19. The Morgan fingerprint density at radius 1 is 1.31 bits per heavy atom. The van der Waals surface area contributed by atoms with Crippen molar-refractivity contribution in [1.82, 2.24) is 0 Å². The average molecular weight is 394 g/mol. The van der Waals surface area contributed by atoms with Crippen LogP contribution >= 0.6 is 0 Å². The summed E-state index contributed by atoms with van der Waals surface area (Å²) < 4.78 is 17.2. The van der Waals surface area contributed by atoms with Crippen LogP contribution in [0.2, 0.25) is 0 Å². The molecule has 0 radical (unpaired) electrons. The molecule has 1 aliphatic rings. The number of rotatable bonds is 5. The molecule has 2 atom stereocenters. The number of phenols is 1. The quantitative estimate of drug-likeness (QED) is 0.463. The van der Waals surface area contributed by atoms with Crippen LogP contribution in [0.1, 0.15) is 50.5 Å². The van der Waals surface area contributed by atoms with E-state index in [0.717, 1.165) is 30.6 Å². The first kappa shape index (κ1) is 19.4. The van der Waals surface area contributed by atoms with Crippen molar-refractivity contribution < 1.29 is 18.7 Å². The van der Waals surface area contributed by atoms with Gasteiger partial charge in [0.15, 0.2) is 0 Å². The zero-order valence-corrected chi connectivity index (χ0v) is 17.2. The molecular weight excluding hydrogens is 368 g/mol. The van der Waals surface area contributed by atoms with Crippen molar-refractivity contribution in [2.24, 2.45) is 0 Å². The Morgan fingerprint density at radius 2 is 2.10 bits per heavy atom. The van der Waals surface area contributed by atoms with Gasteiger partial charge in [-0.2, -0.15) is 0 Å². The van der Waals surface area contributed by atoms with Gasteiger partial charge in [-0.05, 0) is 57.4 Å². The number of aromatic hydroxyl groups is 1. The molecule has 1 aromatic carbocycles. The summed E-state index contributed by atoms with van der Waals surface area (Å²) in [5.41, 5.74) is 2.46. The number of allylic oxidation sites excluding steroid dienone is 2. The summed E-state index contributed by atoms with van der Waals surface area (Å²) in [6.45, 7) is 8.17. The van der Waals surface area contributed by atoms with E-state index in [9.17, 15) is 9.90 Å². The number of ether oxygens (including phenoxy) is 1. The summed E-state index contributed by atoms with van der Waals surface area (Å²) in [7, 11) is 0. The molecule has 0 fully saturated rings. The lowest BCUT2D eigenvalue weighted by molar-refractivity contribution is 0.169. The molecule has 2 aromatic heterocycles.